The molecule has 294 valence electrons. The molecule has 0 fully saturated rings. The third-order valence-corrected chi connectivity index (χ3v) is 11.7. The molecular formula is C57H36N6. The van der Waals surface area contributed by atoms with Crippen molar-refractivity contribution in [3.05, 3.63) is 218 Å². The molecule has 6 heteroatoms. The predicted molar refractivity (Wildman–Crippen MR) is 259 cm³/mol. The van der Waals surface area contributed by atoms with Crippen LogP contribution in [0.5, 0.6) is 0 Å². The van der Waals surface area contributed by atoms with Gasteiger partial charge in [0.25, 0.3) is 0 Å². The summed E-state index contributed by atoms with van der Waals surface area (Å²) in [6.07, 6.45) is 0. The maximum atomic E-state index is 10.0. The van der Waals surface area contributed by atoms with E-state index >= 15 is 0 Å². The molecule has 13 rings (SSSR count). The first-order chi connectivity index (χ1) is 35.4. The molecule has 0 atom stereocenters. The van der Waals surface area contributed by atoms with Gasteiger partial charge in [0.2, 0.25) is 5.95 Å². The number of para-hydroxylation sites is 4. The molecule has 0 saturated carbocycles. The molecule has 0 radical (unpaired) electrons. The van der Waals surface area contributed by atoms with E-state index in [0.717, 1.165) is 33.1 Å². The summed E-state index contributed by atoms with van der Waals surface area (Å²) in [5.74, 6) is 0.406. The second-order valence-corrected chi connectivity index (χ2v) is 15.3. The lowest BCUT2D eigenvalue weighted by Crippen LogP contribution is -2.07. The largest absolute Gasteiger partial charge is 0.307 e. The number of nitrogens with zero attached hydrogens (tertiary/aromatic N) is 6. The lowest BCUT2D eigenvalue weighted by Gasteiger charge is -2.17. The maximum Gasteiger partial charge on any atom is 0.238 e. The molecule has 4 aromatic heterocycles. The van der Waals surface area contributed by atoms with E-state index in [-0.39, 0.29) is 61.2 Å². The summed E-state index contributed by atoms with van der Waals surface area (Å²) in [5, 5.41) is 1.59. The van der Waals surface area contributed by atoms with Crippen molar-refractivity contribution in [1.82, 2.24) is 28.7 Å². The zero-order valence-corrected chi connectivity index (χ0v) is 33.2. The van der Waals surface area contributed by atoms with Gasteiger partial charge in [0, 0.05) is 49.1 Å². The molecule has 0 bridgehead atoms. The molecular weight excluding hydrogens is 769 g/mol. The Morgan fingerprint density at radius 3 is 1.46 bits per heavy atom. The van der Waals surface area contributed by atoms with Crippen molar-refractivity contribution in [1.29, 1.82) is 0 Å². The topological polar surface area (TPSA) is 53.5 Å². The summed E-state index contributed by atoms with van der Waals surface area (Å²) >= 11 is 0. The minimum Gasteiger partial charge on any atom is -0.307 e. The van der Waals surface area contributed by atoms with Gasteiger partial charge in [0.15, 0.2) is 11.6 Å². The van der Waals surface area contributed by atoms with Gasteiger partial charge in [-0.25, -0.2) is 4.98 Å². The molecule has 6 nitrogen and oxygen atoms in total. The van der Waals surface area contributed by atoms with Crippen molar-refractivity contribution in [3.8, 4) is 51.2 Å². The SMILES string of the molecule is [2H]c1c([2H])c([2H])c2c(c1[2H])c1c([2H])c([2H])c3c4c([2H])c([2H])c([2H])c([2H])c4n(-c4cc(-c5ccccc5)cc5c6ccccc6n(-c6ccccc6)c45)c3c1n2-c1nc(-c2ccccc2)nc(-c2ccccc2)n1. The van der Waals surface area contributed by atoms with Crippen LogP contribution >= 0.6 is 0 Å². The highest BCUT2D eigenvalue weighted by Gasteiger charge is 2.26. The van der Waals surface area contributed by atoms with E-state index in [1.54, 1.807) is 4.57 Å². The fourth-order valence-corrected chi connectivity index (χ4v) is 9.04. The number of benzene rings is 9. The smallest absolute Gasteiger partial charge is 0.238 e. The molecule has 13 aromatic rings. The van der Waals surface area contributed by atoms with Crippen LogP contribution in [-0.2, 0) is 0 Å². The molecule has 63 heavy (non-hydrogen) atoms. The first-order valence-corrected chi connectivity index (χ1v) is 20.5. The van der Waals surface area contributed by atoms with Gasteiger partial charge in [-0.05, 0) is 53.5 Å². The van der Waals surface area contributed by atoms with Gasteiger partial charge in [0.05, 0.1) is 52.5 Å². The number of hydrogen-bond donors (Lipinski definition) is 0. The molecule has 0 aliphatic rings. The van der Waals surface area contributed by atoms with E-state index in [1.165, 1.54) is 4.57 Å². The summed E-state index contributed by atoms with van der Waals surface area (Å²) in [5.41, 5.74) is 5.76. The van der Waals surface area contributed by atoms with E-state index in [1.807, 2.05) is 152 Å². The number of fused-ring (bicyclic) bond motifs is 10. The summed E-state index contributed by atoms with van der Waals surface area (Å²) in [7, 11) is 0. The molecule has 0 saturated heterocycles. The normalized spacial score (nSPS) is 14.0. The highest BCUT2D eigenvalue weighted by molar-refractivity contribution is 6.25. The Kier molecular flexibility index (Phi) is 5.89. The lowest BCUT2D eigenvalue weighted by molar-refractivity contribution is 0.953. The standard InChI is InChI=1S/C57H36N6/c1-5-19-37(20-6-1)40-35-47-44-29-15-16-30-48(44)61(41-25-11-4-12-26-41)52(47)51(36-40)62-49-31-17-13-27-42(49)45-33-34-46-43-28-14-18-32-50(43)63(54(46)53(45)62)57-59-55(38-21-7-2-8-22-38)58-56(60-57)39-23-9-3-10-24-39/h1-36H/i13D,14D,17D,18D,27D,28D,31D,32D,33D,34D. The number of rotatable bonds is 6. The Labute approximate surface area is 376 Å². The Morgan fingerprint density at radius 1 is 0.333 bits per heavy atom. The van der Waals surface area contributed by atoms with Gasteiger partial charge in [-0.1, -0.05) is 176 Å². The molecule has 0 N–H and O–H groups in total. The quantitative estimate of drug-likeness (QED) is 0.168. The van der Waals surface area contributed by atoms with Crippen LogP contribution < -0.4 is 0 Å². The molecule has 9 aromatic carbocycles. The first-order valence-electron chi connectivity index (χ1n) is 25.5. The van der Waals surface area contributed by atoms with Crippen molar-refractivity contribution in [3.63, 3.8) is 0 Å². The third-order valence-electron chi connectivity index (χ3n) is 11.7. The van der Waals surface area contributed by atoms with E-state index < -0.39 is 60.4 Å². The molecule has 0 unspecified atom stereocenters. The zero-order valence-electron chi connectivity index (χ0n) is 43.2. The van der Waals surface area contributed by atoms with Gasteiger partial charge < -0.3 is 9.13 Å². The van der Waals surface area contributed by atoms with Crippen LogP contribution in [0.15, 0.2) is 218 Å². The molecule has 0 amide bonds. The van der Waals surface area contributed by atoms with Crippen molar-refractivity contribution < 1.29 is 13.7 Å². The average Bonchev–Trinajstić information content (AvgIpc) is 4.10. The summed E-state index contributed by atoms with van der Waals surface area (Å²) in [6.45, 7) is 0. The van der Waals surface area contributed by atoms with Crippen molar-refractivity contribution in [2.75, 3.05) is 0 Å². The van der Waals surface area contributed by atoms with Crippen LogP contribution in [0.1, 0.15) is 13.7 Å². The fourth-order valence-electron chi connectivity index (χ4n) is 9.04. The van der Waals surface area contributed by atoms with Crippen LogP contribution in [0.3, 0.4) is 0 Å². The van der Waals surface area contributed by atoms with Gasteiger partial charge in [-0.2, -0.15) is 9.97 Å². The van der Waals surface area contributed by atoms with Gasteiger partial charge in [-0.15, -0.1) is 0 Å². The van der Waals surface area contributed by atoms with E-state index in [9.17, 15) is 9.60 Å². The minimum absolute atomic E-state index is 0.0000643. The second-order valence-electron chi connectivity index (χ2n) is 15.3. The molecule has 0 spiro atoms. The zero-order chi connectivity index (χ0) is 50.1. The molecule has 0 aliphatic heterocycles. The predicted octanol–water partition coefficient (Wildman–Crippen LogP) is 14.2. The Bertz CT molecular complexity index is 4420. The minimum atomic E-state index is -0.557. The highest BCUT2D eigenvalue weighted by atomic mass is 15.2. The van der Waals surface area contributed by atoms with Crippen LogP contribution in [0.2, 0.25) is 0 Å². The second kappa shape index (κ2) is 14.0. The van der Waals surface area contributed by atoms with Crippen LogP contribution in [0.4, 0.5) is 0 Å². The van der Waals surface area contributed by atoms with Gasteiger partial charge in [-0.3, -0.25) is 4.57 Å². The summed E-state index contributed by atoms with van der Waals surface area (Å²) in [4.78, 5) is 15.1. The Balaban J connectivity index is 1.35. The van der Waals surface area contributed by atoms with Crippen molar-refractivity contribution >= 4 is 65.4 Å². The average molecular weight is 815 g/mol. The summed E-state index contributed by atoms with van der Waals surface area (Å²) in [6, 6.07) is 45.3. The summed E-state index contributed by atoms with van der Waals surface area (Å²) < 4.78 is 100. The Morgan fingerprint density at radius 2 is 0.841 bits per heavy atom. The molecule has 4 heterocycles. The number of aromatic nitrogens is 6. The van der Waals surface area contributed by atoms with Crippen molar-refractivity contribution in [2.24, 2.45) is 0 Å². The van der Waals surface area contributed by atoms with Gasteiger partial charge >= 0.3 is 0 Å². The first kappa shape index (κ1) is 26.6. The fraction of sp³-hybridized carbons (Fsp3) is 0. The number of hydrogen-bond acceptors (Lipinski definition) is 3. The molecule has 0 aliphatic carbocycles. The van der Waals surface area contributed by atoms with E-state index in [4.69, 9.17) is 19.1 Å². The highest BCUT2D eigenvalue weighted by Crippen LogP contribution is 2.45. The van der Waals surface area contributed by atoms with E-state index in [2.05, 4.69) is 10.6 Å². The Hall–Kier alpha value is -8.61. The van der Waals surface area contributed by atoms with Gasteiger partial charge in [0.1, 0.15) is 0 Å². The van der Waals surface area contributed by atoms with Crippen LogP contribution in [0, 0.1) is 0 Å². The monoisotopic (exact) mass is 814 g/mol. The maximum absolute atomic E-state index is 10.0. The lowest BCUT2D eigenvalue weighted by atomic mass is 10.0. The third kappa shape index (κ3) is 5.41. The van der Waals surface area contributed by atoms with E-state index in [0.29, 0.717) is 22.3 Å². The van der Waals surface area contributed by atoms with Crippen LogP contribution in [-0.4, -0.2) is 28.7 Å². The van der Waals surface area contributed by atoms with Crippen LogP contribution in [0.25, 0.3) is 117 Å². The van der Waals surface area contributed by atoms with Crippen molar-refractivity contribution in [2.45, 2.75) is 0 Å².